The Kier molecular flexibility index (Phi) is 12.1. The van der Waals surface area contributed by atoms with Gasteiger partial charge in [0.25, 0.3) is 0 Å². The number of nitrogens with zero attached hydrogens (tertiary/aromatic N) is 1. The number of carbonyl (C=O) groups excluding carboxylic acids is 2. The van der Waals surface area contributed by atoms with Crippen molar-refractivity contribution in [2.24, 2.45) is 5.92 Å². The van der Waals surface area contributed by atoms with E-state index in [1.165, 1.54) is 31.4 Å². The maximum Gasteiger partial charge on any atom is 0.407 e. The van der Waals surface area contributed by atoms with Gasteiger partial charge >= 0.3 is 6.09 Å². The summed E-state index contributed by atoms with van der Waals surface area (Å²) in [6.07, 6.45) is 3.60. The summed E-state index contributed by atoms with van der Waals surface area (Å²) in [6, 6.07) is 18.0. The second-order valence-electron chi connectivity index (χ2n) is 13.3. The van der Waals surface area contributed by atoms with Gasteiger partial charge in [0.1, 0.15) is 17.7 Å². The van der Waals surface area contributed by atoms with Crippen LogP contribution in [0.3, 0.4) is 0 Å². The number of sulfonamides is 1. The summed E-state index contributed by atoms with van der Waals surface area (Å²) in [4.78, 5) is 27.4. The molecule has 1 aliphatic carbocycles. The van der Waals surface area contributed by atoms with Crippen LogP contribution in [-0.2, 0) is 25.0 Å². The number of ether oxygens (including phenoxy) is 1. The van der Waals surface area contributed by atoms with Crippen molar-refractivity contribution in [2.75, 3.05) is 26.7 Å². The van der Waals surface area contributed by atoms with Gasteiger partial charge in [-0.3, -0.25) is 4.79 Å². The van der Waals surface area contributed by atoms with E-state index in [1.54, 1.807) is 65.8 Å². The first-order chi connectivity index (χ1) is 23.9. The summed E-state index contributed by atoms with van der Waals surface area (Å²) in [5, 5.41) is 9.25. The smallest absolute Gasteiger partial charge is 0.407 e. The number of methoxy groups -OCH3 is 1. The molecular weight excluding hydrogens is 663 g/mol. The second kappa shape index (κ2) is 16.3. The van der Waals surface area contributed by atoms with Crippen LogP contribution >= 0.6 is 0 Å². The van der Waals surface area contributed by atoms with Crippen LogP contribution in [0.25, 0.3) is 0 Å². The lowest BCUT2D eigenvalue weighted by atomic mass is 9.70. The maximum absolute atomic E-state index is 14.4. The highest BCUT2D eigenvalue weighted by molar-refractivity contribution is 7.89. The molecule has 9 nitrogen and oxygen atoms in total. The number of alkyl carbamates (subject to hydrolysis) is 1. The van der Waals surface area contributed by atoms with Gasteiger partial charge in [0.15, 0.2) is 0 Å². The SMILES string of the molecule is C=C(CCC1CNCCN1S(=O)(=O)c1ccccc1)C1CCCCC1NC(=O)C(NC(=O)OC)C(C)(c1ccc(F)cc1)c1ccc(F)cc1. The predicted molar refractivity (Wildman–Crippen MR) is 188 cm³/mol. The molecule has 1 saturated heterocycles. The molecule has 4 atom stereocenters. The molecule has 0 aromatic heterocycles. The number of rotatable bonds is 12. The van der Waals surface area contributed by atoms with Gasteiger partial charge < -0.3 is 20.7 Å². The highest BCUT2D eigenvalue weighted by Gasteiger charge is 2.45. The van der Waals surface area contributed by atoms with Crippen LogP contribution < -0.4 is 16.0 Å². The molecule has 5 rings (SSSR count). The first-order valence-electron chi connectivity index (χ1n) is 17.1. The van der Waals surface area contributed by atoms with E-state index in [0.717, 1.165) is 24.8 Å². The van der Waals surface area contributed by atoms with E-state index < -0.39 is 45.1 Å². The molecule has 268 valence electrons. The number of amides is 2. The Bertz CT molecular complexity index is 1690. The van der Waals surface area contributed by atoms with Crippen LogP contribution in [0.15, 0.2) is 95.9 Å². The molecule has 1 saturated carbocycles. The van der Waals surface area contributed by atoms with Gasteiger partial charge in [-0.05, 0) is 86.1 Å². The predicted octanol–water partition coefficient (Wildman–Crippen LogP) is 5.67. The summed E-state index contributed by atoms with van der Waals surface area (Å²) in [5.41, 5.74) is 0.725. The van der Waals surface area contributed by atoms with Gasteiger partial charge in [-0.1, -0.05) is 67.5 Å². The Balaban J connectivity index is 1.37. The molecule has 1 heterocycles. The van der Waals surface area contributed by atoms with E-state index in [0.29, 0.717) is 50.0 Å². The maximum atomic E-state index is 14.4. The Labute approximate surface area is 293 Å². The molecule has 1 aliphatic heterocycles. The fourth-order valence-electron chi connectivity index (χ4n) is 7.37. The standard InChI is InChI=1S/C38H46F2N4O5S/c1-26(13-22-31-25-41-23-24-44(31)50(47,48)32-9-5-4-6-10-32)33-11-7-8-12-34(33)42-36(45)35(43-37(46)49-3)38(2,27-14-18-29(39)19-15-27)28-16-20-30(40)21-17-28/h4-6,9-10,14-21,31,33-35,41H,1,7-8,11-13,22-25H2,2-3H3,(H,42,45)(H,43,46). The van der Waals surface area contributed by atoms with Gasteiger partial charge in [0.05, 0.1) is 12.0 Å². The molecule has 0 bridgehead atoms. The van der Waals surface area contributed by atoms with E-state index in [1.807, 2.05) is 0 Å². The van der Waals surface area contributed by atoms with E-state index >= 15 is 0 Å². The van der Waals surface area contributed by atoms with Crippen LogP contribution in [0.4, 0.5) is 13.6 Å². The van der Waals surface area contributed by atoms with Crippen molar-refractivity contribution in [1.29, 1.82) is 0 Å². The van der Waals surface area contributed by atoms with Crippen LogP contribution in [-0.4, -0.2) is 69.6 Å². The molecule has 2 fully saturated rings. The topological polar surface area (TPSA) is 117 Å². The first-order valence-corrected chi connectivity index (χ1v) is 18.5. The van der Waals surface area contributed by atoms with E-state index in [2.05, 4.69) is 22.5 Å². The van der Waals surface area contributed by atoms with Crippen molar-refractivity contribution in [2.45, 2.75) is 73.9 Å². The largest absolute Gasteiger partial charge is 0.453 e. The monoisotopic (exact) mass is 708 g/mol. The van der Waals surface area contributed by atoms with Crippen molar-refractivity contribution >= 4 is 22.0 Å². The Morgan fingerprint density at radius 3 is 2.18 bits per heavy atom. The van der Waals surface area contributed by atoms with Crippen LogP contribution in [0, 0.1) is 17.6 Å². The molecule has 3 N–H and O–H groups in total. The lowest BCUT2D eigenvalue weighted by Gasteiger charge is -2.40. The molecule has 4 unspecified atom stereocenters. The Hall–Kier alpha value is -4.13. The zero-order valence-electron chi connectivity index (χ0n) is 28.5. The van der Waals surface area contributed by atoms with Gasteiger partial charge in [-0.15, -0.1) is 0 Å². The van der Waals surface area contributed by atoms with Crippen molar-refractivity contribution in [3.8, 4) is 0 Å². The Morgan fingerprint density at radius 1 is 0.980 bits per heavy atom. The summed E-state index contributed by atoms with van der Waals surface area (Å²) < 4.78 is 61.7. The van der Waals surface area contributed by atoms with Crippen molar-refractivity contribution < 1.29 is 31.5 Å². The number of piperazine rings is 1. The summed E-state index contributed by atoms with van der Waals surface area (Å²) in [5.74, 6) is -1.49. The van der Waals surface area contributed by atoms with Crippen molar-refractivity contribution in [3.05, 3.63) is 114 Å². The van der Waals surface area contributed by atoms with Gasteiger partial charge in [0, 0.05) is 37.1 Å². The van der Waals surface area contributed by atoms with E-state index in [9.17, 15) is 26.8 Å². The minimum Gasteiger partial charge on any atom is -0.453 e. The van der Waals surface area contributed by atoms with Crippen LogP contribution in [0.2, 0.25) is 0 Å². The van der Waals surface area contributed by atoms with Crippen LogP contribution in [0.1, 0.15) is 56.6 Å². The third-order valence-electron chi connectivity index (χ3n) is 10.2. The van der Waals surface area contributed by atoms with Crippen molar-refractivity contribution in [1.82, 2.24) is 20.3 Å². The number of halogens is 2. The van der Waals surface area contributed by atoms with Gasteiger partial charge in [-0.25, -0.2) is 22.0 Å². The Morgan fingerprint density at radius 2 is 1.58 bits per heavy atom. The average molecular weight is 709 g/mol. The van der Waals surface area contributed by atoms with E-state index in [4.69, 9.17) is 4.74 Å². The molecule has 2 amide bonds. The number of nitrogens with one attached hydrogen (secondary N) is 3. The number of hydrogen-bond donors (Lipinski definition) is 3. The van der Waals surface area contributed by atoms with Gasteiger partial charge in [-0.2, -0.15) is 4.31 Å². The molecule has 0 radical (unpaired) electrons. The molecule has 12 heteroatoms. The zero-order valence-corrected chi connectivity index (χ0v) is 29.4. The summed E-state index contributed by atoms with van der Waals surface area (Å²) >= 11 is 0. The average Bonchev–Trinajstić information content (AvgIpc) is 3.13. The fraction of sp³-hybridized carbons (Fsp3) is 0.421. The molecule has 3 aromatic carbocycles. The summed E-state index contributed by atoms with van der Waals surface area (Å²) in [6.45, 7) is 7.64. The molecule has 3 aromatic rings. The highest BCUT2D eigenvalue weighted by Crippen LogP contribution is 2.38. The molecular formula is C38H46F2N4O5S. The number of benzene rings is 3. The second-order valence-corrected chi connectivity index (χ2v) is 15.2. The number of carbonyl (C=O) groups is 2. The number of hydrogen-bond acceptors (Lipinski definition) is 6. The normalized spacial score (nSPS) is 20.8. The minimum absolute atomic E-state index is 0.0786. The quantitative estimate of drug-likeness (QED) is 0.209. The van der Waals surface area contributed by atoms with Crippen LogP contribution in [0.5, 0.6) is 0 Å². The minimum atomic E-state index is -3.68. The molecule has 0 spiro atoms. The summed E-state index contributed by atoms with van der Waals surface area (Å²) in [7, 11) is -2.48. The molecule has 2 aliphatic rings. The lowest BCUT2D eigenvalue weighted by Crippen LogP contribution is -2.60. The fourth-order valence-corrected chi connectivity index (χ4v) is 9.05. The van der Waals surface area contributed by atoms with E-state index in [-0.39, 0.29) is 22.9 Å². The molecule has 50 heavy (non-hydrogen) atoms. The van der Waals surface area contributed by atoms with Gasteiger partial charge in [0.2, 0.25) is 15.9 Å². The van der Waals surface area contributed by atoms with Crippen molar-refractivity contribution in [3.63, 3.8) is 0 Å². The highest BCUT2D eigenvalue weighted by atomic mass is 32.2. The third-order valence-corrected chi connectivity index (χ3v) is 12.2. The first kappa shape index (κ1) is 37.1. The third kappa shape index (κ3) is 8.25. The lowest BCUT2D eigenvalue weighted by molar-refractivity contribution is -0.125. The zero-order chi connectivity index (χ0) is 35.9.